The Kier molecular flexibility index (Phi) is 5.04. The molecule has 0 aromatic heterocycles. The SMILES string of the molecule is O=C(C1CCCCCC1)N(Cc1ccc2c(c1)OCO2)C[C@H]1C[C@H]2C=C[C@H]1C2. The van der Waals surface area contributed by atoms with Gasteiger partial charge in [-0.1, -0.05) is 43.9 Å². The van der Waals surface area contributed by atoms with Crippen LogP contribution >= 0.6 is 0 Å². The zero-order chi connectivity index (χ0) is 18.9. The van der Waals surface area contributed by atoms with E-state index in [2.05, 4.69) is 29.2 Å². The molecule has 0 N–H and O–H groups in total. The molecule has 2 bridgehead atoms. The van der Waals surface area contributed by atoms with Crippen LogP contribution in [0.3, 0.4) is 0 Å². The number of amides is 1. The first-order valence-electron chi connectivity index (χ1n) is 11.1. The van der Waals surface area contributed by atoms with Gasteiger partial charge in [0.1, 0.15) is 0 Å². The van der Waals surface area contributed by atoms with E-state index in [1.54, 1.807) is 0 Å². The van der Waals surface area contributed by atoms with Crippen LogP contribution in [0.5, 0.6) is 11.5 Å². The number of carbonyl (C=O) groups is 1. The van der Waals surface area contributed by atoms with Gasteiger partial charge < -0.3 is 14.4 Å². The van der Waals surface area contributed by atoms with Gasteiger partial charge in [0.25, 0.3) is 0 Å². The van der Waals surface area contributed by atoms with E-state index < -0.39 is 0 Å². The van der Waals surface area contributed by atoms with Gasteiger partial charge in [-0.3, -0.25) is 4.79 Å². The molecule has 0 unspecified atom stereocenters. The molecule has 1 aromatic rings. The van der Waals surface area contributed by atoms with E-state index >= 15 is 0 Å². The number of fused-ring (bicyclic) bond motifs is 3. The van der Waals surface area contributed by atoms with Crippen LogP contribution in [-0.4, -0.2) is 24.1 Å². The molecule has 4 aliphatic rings. The fourth-order valence-electron chi connectivity index (χ4n) is 5.66. The van der Waals surface area contributed by atoms with Gasteiger partial charge in [-0.15, -0.1) is 0 Å². The molecule has 1 aromatic carbocycles. The second-order valence-electron chi connectivity index (χ2n) is 9.14. The third kappa shape index (κ3) is 3.66. The molecule has 0 saturated heterocycles. The van der Waals surface area contributed by atoms with Crippen LogP contribution in [0.1, 0.15) is 56.9 Å². The summed E-state index contributed by atoms with van der Waals surface area (Å²) in [5, 5.41) is 0. The molecule has 28 heavy (non-hydrogen) atoms. The summed E-state index contributed by atoms with van der Waals surface area (Å²) in [5.74, 6) is 4.25. The zero-order valence-corrected chi connectivity index (χ0v) is 16.6. The molecule has 150 valence electrons. The van der Waals surface area contributed by atoms with Crippen LogP contribution in [0, 0.1) is 23.7 Å². The van der Waals surface area contributed by atoms with Crippen molar-refractivity contribution in [2.24, 2.45) is 23.7 Å². The van der Waals surface area contributed by atoms with Gasteiger partial charge in [-0.25, -0.2) is 0 Å². The maximum Gasteiger partial charge on any atom is 0.231 e. The van der Waals surface area contributed by atoms with E-state index in [-0.39, 0.29) is 5.92 Å². The zero-order valence-electron chi connectivity index (χ0n) is 16.6. The summed E-state index contributed by atoms with van der Waals surface area (Å²) in [4.78, 5) is 15.7. The maximum atomic E-state index is 13.5. The highest BCUT2D eigenvalue weighted by molar-refractivity contribution is 5.79. The average molecular weight is 382 g/mol. The molecule has 1 amide bonds. The summed E-state index contributed by atoms with van der Waals surface area (Å²) in [7, 11) is 0. The predicted molar refractivity (Wildman–Crippen MR) is 108 cm³/mol. The third-order valence-electron chi connectivity index (χ3n) is 7.20. The topological polar surface area (TPSA) is 38.8 Å². The second-order valence-corrected chi connectivity index (χ2v) is 9.14. The molecule has 5 rings (SSSR count). The number of carbonyl (C=O) groups excluding carboxylic acids is 1. The highest BCUT2D eigenvalue weighted by Gasteiger charge is 2.38. The van der Waals surface area contributed by atoms with Crippen molar-refractivity contribution in [2.75, 3.05) is 13.3 Å². The fourth-order valence-corrected chi connectivity index (χ4v) is 5.66. The van der Waals surface area contributed by atoms with Crippen LogP contribution in [0.25, 0.3) is 0 Å². The van der Waals surface area contributed by atoms with Crippen molar-refractivity contribution < 1.29 is 14.3 Å². The molecule has 1 aliphatic heterocycles. The highest BCUT2D eigenvalue weighted by Crippen LogP contribution is 2.44. The van der Waals surface area contributed by atoms with E-state index in [1.807, 2.05) is 6.07 Å². The lowest BCUT2D eigenvalue weighted by atomic mass is 9.91. The van der Waals surface area contributed by atoms with Crippen molar-refractivity contribution in [3.63, 3.8) is 0 Å². The molecule has 0 spiro atoms. The lowest BCUT2D eigenvalue weighted by molar-refractivity contribution is -0.137. The Morgan fingerprint density at radius 1 is 1.00 bits per heavy atom. The van der Waals surface area contributed by atoms with Crippen LogP contribution < -0.4 is 9.47 Å². The first-order valence-corrected chi connectivity index (χ1v) is 11.1. The van der Waals surface area contributed by atoms with Crippen molar-refractivity contribution in [1.82, 2.24) is 4.90 Å². The molecular formula is C24H31NO3. The van der Waals surface area contributed by atoms with E-state index in [0.717, 1.165) is 42.4 Å². The van der Waals surface area contributed by atoms with Gasteiger partial charge in [0.15, 0.2) is 11.5 Å². The largest absolute Gasteiger partial charge is 0.454 e. The first-order chi connectivity index (χ1) is 13.8. The van der Waals surface area contributed by atoms with E-state index in [4.69, 9.17) is 9.47 Å². The van der Waals surface area contributed by atoms with Crippen molar-refractivity contribution in [2.45, 2.75) is 57.9 Å². The Morgan fingerprint density at radius 3 is 2.57 bits per heavy atom. The Bertz CT molecular complexity index is 750. The van der Waals surface area contributed by atoms with Crippen molar-refractivity contribution >= 4 is 5.91 Å². The average Bonchev–Trinajstić information content (AvgIpc) is 3.39. The maximum absolute atomic E-state index is 13.5. The first kappa shape index (κ1) is 18.1. The summed E-state index contributed by atoms with van der Waals surface area (Å²) >= 11 is 0. The second kappa shape index (κ2) is 7.81. The van der Waals surface area contributed by atoms with E-state index in [9.17, 15) is 4.79 Å². The predicted octanol–water partition coefficient (Wildman–Crippen LogP) is 4.93. The lowest BCUT2D eigenvalue weighted by Gasteiger charge is -2.31. The Hall–Kier alpha value is -1.97. The molecular weight excluding hydrogens is 350 g/mol. The molecule has 3 aliphatic carbocycles. The number of hydrogen-bond donors (Lipinski definition) is 0. The summed E-state index contributed by atoms with van der Waals surface area (Å²) in [6, 6.07) is 6.12. The van der Waals surface area contributed by atoms with Crippen LogP contribution in [-0.2, 0) is 11.3 Å². The third-order valence-corrected chi connectivity index (χ3v) is 7.20. The molecule has 0 radical (unpaired) electrons. The Balaban J connectivity index is 1.34. The van der Waals surface area contributed by atoms with Crippen LogP contribution in [0.15, 0.2) is 30.4 Å². The minimum Gasteiger partial charge on any atom is -0.454 e. The highest BCUT2D eigenvalue weighted by atomic mass is 16.7. The Morgan fingerprint density at radius 2 is 1.82 bits per heavy atom. The number of ether oxygens (including phenoxy) is 2. The van der Waals surface area contributed by atoms with Crippen molar-refractivity contribution in [3.05, 3.63) is 35.9 Å². The van der Waals surface area contributed by atoms with Gasteiger partial charge in [0.2, 0.25) is 12.7 Å². The van der Waals surface area contributed by atoms with Gasteiger partial charge in [0, 0.05) is 19.0 Å². The van der Waals surface area contributed by atoms with Crippen molar-refractivity contribution in [3.8, 4) is 11.5 Å². The van der Waals surface area contributed by atoms with Gasteiger partial charge in [-0.2, -0.15) is 0 Å². The number of hydrogen-bond acceptors (Lipinski definition) is 3. The lowest BCUT2D eigenvalue weighted by Crippen LogP contribution is -2.39. The van der Waals surface area contributed by atoms with Crippen molar-refractivity contribution in [1.29, 1.82) is 0 Å². The van der Waals surface area contributed by atoms with Gasteiger partial charge in [-0.05, 0) is 61.1 Å². The monoisotopic (exact) mass is 381 g/mol. The van der Waals surface area contributed by atoms with E-state index in [1.165, 1.54) is 38.5 Å². The number of nitrogens with zero attached hydrogens (tertiary/aromatic N) is 1. The standard InChI is InChI=1S/C24H31NO3/c26-24(19-5-3-1-2-4-6-19)25(15-21-12-17-7-9-20(21)11-17)14-18-8-10-22-23(13-18)28-16-27-22/h7-10,13,17,19-21H,1-6,11-12,14-16H2/t17-,20-,21+/m0/s1. The molecule has 1 heterocycles. The summed E-state index contributed by atoms with van der Waals surface area (Å²) < 4.78 is 11.0. The quantitative estimate of drug-likeness (QED) is 0.536. The Labute approximate surface area is 167 Å². The van der Waals surface area contributed by atoms with Gasteiger partial charge in [0.05, 0.1) is 0 Å². The minimum absolute atomic E-state index is 0.214. The molecule has 2 fully saturated rings. The minimum atomic E-state index is 0.214. The smallest absolute Gasteiger partial charge is 0.231 e. The van der Waals surface area contributed by atoms with Crippen LogP contribution in [0.2, 0.25) is 0 Å². The number of rotatable bonds is 5. The molecule has 4 nitrogen and oxygen atoms in total. The number of allylic oxidation sites excluding steroid dienone is 2. The normalized spacial score (nSPS) is 28.5. The van der Waals surface area contributed by atoms with Crippen LogP contribution in [0.4, 0.5) is 0 Å². The summed E-state index contributed by atoms with van der Waals surface area (Å²) in [6.45, 7) is 1.87. The molecule has 2 saturated carbocycles. The molecule has 4 heteroatoms. The van der Waals surface area contributed by atoms with Gasteiger partial charge >= 0.3 is 0 Å². The van der Waals surface area contributed by atoms with E-state index in [0.29, 0.717) is 31.1 Å². The fraction of sp³-hybridized carbons (Fsp3) is 0.625. The summed E-state index contributed by atoms with van der Waals surface area (Å²) in [5.41, 5.74) is 1.14. The summed E-state index contributed by atoms with van der Waals surface area (Å²) in [6.07, 6.45) is 14.4. The molecule has 3 atom stereocenters. The number of benzene rings is 1.